The van der Waals surface area contributed by atoms with Gasteiger partial charge in [0.05, 0.1) is 12.3 Å². The highest BCUT2D eigenvalue weighted by Crippen LogP contribution is 2.29. The maximum absolute atomic E-state index is 9.26. The van der Waals surface area contributed by atoms with Crippen molar-refractivity contribution in [1.82, 2.24) is 9.88 Å². The molecule has 0 amide bonds. The van der Waals surface area contributed by atoms with Crippen LogP contribution in [0.25, 0.3) is 0 Å². The SMILES string of the molecule is N#CC(c1ncc(Cl)s1)N1CCCCCC1. The van der Waals surface area contributed by atoms with E-state index in [9.17, 15) is 5.26 Å². The van der Waals surface area contributed by atoms with E-state index in [0.29, 0.717) is 4.34 Å². The molecular weight excluding hydrogens is 242 g/mol. The second-order valence-corrected chi connectivity index (χ2v) is 5.68. The van der Waals surface area contributed by atoms with Crippen LogP contribution in [-0.4, -0.2) is 23.0 Å². The Bertz CT molecular complexity index is 377. The molecule has 2 heterocycles. The van der Waals surface area contributed by atoms with Crippen molar-refractivity contribution in [2.75, 3.05) is 13.1 Å². The van der Waals surface area contributed by atoms with Crippen LogP contribution in [-0.2, 0) is 0 Å². The Kier molecular flexibility index (Phi) is 4.16. The first kappa shape index (κ1) is 11.8. The number of rotatable bonds is 2. The lowest BCUT2D eigenvalue weighted by molar-refractivity contribution is 0.245. The molecule has 0 saturated carbocycles. The number of halogens is 1. The monoisotopic (exact) mass is 255 g/mol. The van der Waals surface area contributed by atoms with Crippen LogP contribution in [0.1, 0.15) is 36.7 Å². The molecule has 0 N–H and O–H groups in total. The zero-order chi connectivity index (χ0) is 11.4. The largest absolute Gasteiger partial charge is 0.282 e. The molecule has 5 heteroatoms. The predicted octanol–water partition coefficient (Wildman–Crippen LogP) is 3.24. The number of nitrogens with zero attached hydrogens (tertiary/aromatic N) is 3. The van der Waals surface area contributed by atoms with E-state index < -0.39 is 0 Å². The first-order valence-electron chi connectivity index (χ1n) is 5.56. The van der Waals surface area contributed by atoms with E-state index in [2.05, 4.69) is 16.0 Å². The molecule has 1 aliphatic rings. The van der Waals surface area contributed by atoms with Crippen molar-refractivity contribution >= 4 is 22.9 Å². The number of likely N-dealkylation sites (tertiary alicyclic amines) is 1. The van der Waals surface area contributed by atoms with E-state index >= 15 is 0 Å². The topological polar surface area (TPSA) is 39.9 Å². The predicted molar refractivity (Wildman–Crippen MR) is 65.5 cm³/mol. The van der Waals surface area contributed by atoms with Crippen molar-refractivity contribution in [3.05, 3.63) is 15.5 Å². The molecular formula is C11H14ClN3S. The van der Waals surface area contributed by atoms with Gasteiger partial charge < -0.3 is 0 Å². The standard InChI is InChI=1S/C11H14ClN3S/c12-10-8-14-11(16-10)9(7-13)15-5-3-1-2-4-6-15/h8-9H,1-6H2. The summed E-state index contributed by atoms with van der Waals surface area (Å²) in [6.45, 7) is 1.99. The first-order valence-corrected chi connectivity index (χ1v) is 6.75. The van der Waals surface area contributed by atoms with Crippen LogP contribution >= 0.6 is 22.9 Å². The summed E-state index contributed by atoms with van der Waals surface area (Å²) >= 11 is 7.27. The maximum atomic E-state index is 9.26. The van der Waals surface area contributed by atoms with Gasteiger partial charge >= 0.3 is 0 Å². The number of nitriles is 1. The van der Waals surface area contributed by atoms with E-state index in [0.717, 1.165) is 18.1 Å². The van der Waals surface area contributed by atoms with E-state index in [1.165, 1.54) is 37.0 Å². The highest BCUT2D eigenvalue weighted by Gasteiger charge is 2.23. The number of hydrogen-bond donors (Lipinski definition) is 0. The third-order valence-electron chi connectivity index (χ3n) is 2.86. The van der Waals surface area contributed by atoms with Gasteiger partial charge in [-0.1, -0.05) is 24.4 Å². The van der Waals surface area contributed by atoms with Crippen LogP contribution in [0, 0.1) is 11.3 Å². The van der Waals surface area contributed by atoms with Crippen LogP contribution in [0.3, 0.4) is 0 Å². The van der Waals surface area contributed by atoms with Gasteiger partial charge in [-0.15, -0.1) is 11.3 Å². The molecule has 1 aliphatic heterocycles. The second kappa shape index (κ2) is 5.62. The van der Waals surface area contributed by atoms with Crippen molar-refractivity contribution in [2.24, 2.45) is 0 Å². The molecule has 0 aliphatic carbocycles. The summed E-state index contributed by atoms with van der Waals surface area (Å²) < 4.78 is 0.657. The van der Waals surface area contributed by atoms with Gasteiger partial charge in [0.1, 0.15) is 9.34 Å². The van der Waals surface area contributed by atoms with E-state index in [1.807, 2.05) is 0 Å². The van der Waals surface area contributed by atoms with Gasteiger partial charge in [0, 0.05) is 0 Å². The van der Waals surface area contributed by atoms with Crippen LogP contribution in [0.2, 0.25) is 4.34 Å². The van der Waals surface area contributed by atoms with Gasteiger partial charge in [-0.05, 0) is 25.9 Å². The minimum atomic E-state index is -0.212. The molecule has 0 aromatic carbocycles. The third kappa shape index (κ3) is 2.73. The van der Waals surface area contributed by atoms with E-state index in [1.54, 1.807) is 6.20 Å². The Morgan fingerprint density at radius 2 is 2.06 bits per heavy atom. The average Bonchev–Trinajstić information content (AvgIpc) is 2.55. The summed E-state index contributed by atoms with van der Waals surface area (Å²) in [6, 6.07) is 2.13. The van der Waals surface area contributed by atoms with Crippen molar-refractivity contribution in [2.45, 2.75) is 31.7 Å². The normalized spacial score (nSPS) is 20.0. The van der Waals surface area contributed by atoms with Gasteiger partial charge in [-0.3, -0.25) is 4.90 Å². The van der Waals surface area contributed by atoms with E-state index in [-0.39, 0.29) is 6.04 Å². The molecule has 0 bridgehead atoms. The highest BCUT2D eigenvalue weighted by molar-refractivity contribution is 7.15. The fraction of sp³-hybridized carbons (Fsp3) is 0.636. The Morgan fingerprint density at radius 1 is 1.38 bits per heavy atom. The lowest BCUT2D eigenvalue weighted by Crippen LogP contribution is -2.28. The van der Waals surface area contributed by atoms with Crippen LogP contribution in [0.5, 0.6) is 0 Å². The lowest BCUT2D eigenvalue weighted by atomic mass is 10.2. The quantitative estimate of drug-likeness (QED) is 0.815. The maximum Gasteiger partial charge on any atom is 0.150 e. The van der Waals surface area contributed by atoms with Crippen LogP contribution in [0.4, 0.5) is 0 Å². The summed E-state index contributed by atoms with van der Waals surface area (Å²) in [7, 11) is 0. The number of hydrogen-bond acceptors (Lipinski definition) is 4. The van der Waals surface area contributed by atoms with Crippen LogP contribution < -0.4 is 0 Å². The van der Waals surface area contributed by atoms with Crippen molar-refractivity contribution in [3.63, 3.8) is 0 Å². The smallest absolute Gasteiger partial charge is 0.150 e. The molecule has 0 spiro atoms. The fourth-order valence-corrected chi connectivity index (χ4v) is 3.05. The molecule has 1 fully saturated rings. The Labute approximate surface area is 105 Å². The molecule has 1 aromatic rings. The molecule has 1 unspecified atom stereocenters. The molecule has 3 nitrogen and oxygen atoms in total. The zero-order valence-electron chi connectivity index (χ0n) is 9.03. The first-order chi connectivity index (χ1) is 7.81. The van der Waals surface area contributed by atoms with Gasteiger partial charge in [-0.25, -0.2) is 4.98 Å². The van der Waals surface area contributed by atoms with Crippen molar-refractivity contribution < 1.29 is 0 Å². The second-order valence-electron chi connectivity index (χ2n) is 3.98. The number of aromatic nitrogens is 1. The Morgan fingerprint density at radius 3 is 2.56 bits per heavy atom. The molecule has 1 saturated heterocycles. The summed E-state index contributed by atoms with van der Waals surface area (Å²) in [4.78, 5) is 6.44. The van der Waals surface area contributed by atoms with Crippen molar-refractivity contribution in [3.8, 4) is 6.07 Å². The number of thiazole rings is 1. The third-order valence-corrected chi connectivity index (χ3v) is 4.02. The molecule has 0 radical (unpaired) electrons. The van der Waals surface area contributed by atoms with Gasteiger partial charge in [0.2, 0.25) is 0 Å². The minimum absolute atomic E-state index is 0.212. The summed E-state index contributed by atoms with van der Waals surface area (Å²) in [6.07, 6.45) is 6.53. The minimum Gasteiger partial charge on any atom is -0.282 e. The summed E-state index contributed by atoms with van der Waals surface area (Å²) in [5.41, 5.74) is 0. The van der Waals surface area contributed by atoms with Gasteiger partial charge in [0.25, 0.3) is 0 Å². The zero-order valence-corrected chi connectivity index (χ0v) is 10.6. The summed E-state index contributed by atoms with van der Waals surface area (Å²) in [5.74, 6) is 0. The molecule has 1 atom stereocenters. The molecule has 86 valence electrons. The molecule has 2 rings (SSSR count). The van der Waals surface area contributed by atoms with Crippen LogP contribution in [0.15, 0.2) is 6.20 Å². The lowest BCUT2D eigenvalue weighted by Gasteiger charge is -2.23. The molecule has 16 heavy (non-hydrogen) atoms. The highest BCUT2D eigenvalue weighted by atomic mass is 35.5. The average molecular weight is 256 g/mol. The fourth-order valence-electron chi connectivity index (χ4n) is 2.04. The Hall–Kier alpha value is -0.630. The van der Waals surface area contributed by atoms with Crippen molar-refractivity contribution in [1.29, 1.82) is 5.26 Å². The summed E-state index contributed by atoms with van der Waals surface area (Å²) in [5, 5.41) is 10.1. The molecule has 1 aromatic heterocycles. The van der Waals surface area contributed by atoms with E-state index in [4.69, 9.17) is 11.6 Å². The van der Waals surface area contributed by atoms with Gasteiger partial charge in [0.15, 0.2) is 6.04 Å². The Balaban J connectivity index is 2.12. The van der Waals surface area contributed by atoms with Gasteiger partial charge in [-0.2, -0.15) is 5.26 Å².